The summed E-state index contributed by atoms with van der Waals surface area (Å²) in [5.74, 6) is 0.871. The molecular formula is C19H18N6O2. The van der Waals surface area contributed by atoms with Crippen LogP contribution in [0.3, 0.4) is 0 Å². The van der Waals surface area contributed by atoms with Crippen LogP contribution in [0.5, 0.6) is 5.75 Å². The molecule has 4 aromatic rings. The maximum Gasteiger partial charge on any atom is 0.277 e. The number of aromatic nitrogens is 5. The van der Waals surface area contributed by atoms with Crippen molar-refractivity contribution in [2.45, 2.75) is 13.5 Å². The van der Waals surface area contributed by atoms with Crippen LogP contribution in [-0.4, -0.2) is 37.7 Å². The van der Waals surface area contributed by atoms with Gasteiger partial charge in [-0.3, -0.25) is 14.9 Å². The first kappa shape index (κ1) is 16.8. The molecule has 8 heteroatoms. The molecule has 0 aliphatic rings. The Balaban J connectivity index is 1.68. The summed E-state index contributed by atoms with van der Waals surface area (Å²) in [7, 11) is 1.66. The van der Waals surface area contributed by atoms with Gasteiger partial charge in [0.15, 0.2) is 5.82 Å². The van der Waals surface area contributed by atoms with Crippen molar-refractivity contribution in [3.63, 3.8) is 0 Å². The fourth-order valence-electron chi connectivity index (χ4n) is 3.11. The molecule has 0 fully saturated rings. The second-order valence-corrected chi connectivity index (χ2v) is 5.88. The summed E-state index contributed by atoms with van der Waals surface area (Å²) in [4.78, 5) is 20.1. The average molecular weight is 362 g/mol. The van der Waals surface area contributed by atoms with E-state index < -0.39 is 0 Å². The van der Waals surface area contributed by atoms with E-state index >= 15 is 0 Å². The van der Waals surface area contributed by atoms with E-state index in [0.29, 0.717) is 5.82 Å². The molecule has 4 rings (SSSR count). The van der Waals surface area contributed by atoms with Gasteiger partial charge < -0.3 is 14.6 Å². The number of methoxy groups -OCH3 is 1. The molecular weight excluding hydrogens is 344 g/mol. The van der Waals surface area contributed by atoms with Crippen LogP contribution in [-0.2, 0) is 6.54 Å². The first-order valence-electron chi connectivity index (χ1n) is 8.50. The SMILES string of the molecule is CCn1c(-c2cc(NC(=O)c3cnccn3)n[nH]2)cc2c(OC)cccc21. The number of amides is 1. The van der Waals surface area contributed by atoms with Gasteiger partial charge in [-0.25, -0.2) is 4.98 Å². The minimum Gasteiger partial charge on any atom is -0.496 e. The lowest BCUT2D eigenvalue weighted by Crippen LogP contribution is -2.13. The average Bonchev–Trinajstić information content (AvgIpc) is 3.32. The number of hydrogen-bond acceptors (Lipinski definition) is 5. The van der Waals surface area contributed by atoms with E-state index in [-0.39, 0.29) is 11.6 Å². The van der Waals surface area contributed by atoms with Gasteiger partial charge in [0.05, 0.1) is 30.2 Å². The van der Waals surface area contributed by atoms with Crippen molar-refractivity contribution >= 4 is 22.6 Å². The Morgan fingerprint density at radius 3 is 2.93 bits per heavy atom. The number of benzene rings is 1. The third-order valence-electron chi connectivity index (χ3n) is 4.33. The number of hydrogen-bond donors (Lipinski definition) is 2. The second kappa shape index (κ2) is 6.91. The minimum atomic E-state index is -0.362. The molecule has 136 valence electrons. The molecule has 0 aliphatic heterocycles. The number of fused-ring (bicyclic) bond motifs is 1. The van der Waals surface area contributed by atoms with Crippen molar-refractivity contribution < 1.29 is 9.53 Å². The molecule has 8 nitrogen and oxygen atoms in total. The summed E-state index contributed by atoms with van der Waals surface area (Å²) >= 11 is 0. The number of nitrogens with zero attached hydrogens (tertiary/aromatic N) is 4. The van der Waals surface area contributed by atoms with Gasteiger partial charge >= 0.3 is 0 Å². The van der Waals surface area contributed by atoms with E-state index in [1.807, 2.05) is 12.1 Å². The molecule has 0 bridgehead atoms. The zero-order valence-electron chi connectivity index (χ0n) is 14.9. The first-order chi connectivity index (χ1) is 13.2. The third-order valence-corrected chi connectivity index (χ3v) is 4.33. The lowest BCUT2D eigenvalue weighted by molar-refractivity contribution is 0.102. The number of carbonyl (C=O) groups excluding carboxylic acids is 1. The van der Waals surface area contributed by atoms with Crippen molar-refractivity contribution in [3.05, 3.63) is 54.6 Å². The molecule has 0 spiro atoms. The monoisotopic (exact) mass is 362 g/mol. The van der Waals surface area contributed by atoms with Crippen LogP contribution in [0, 0.1) is 0 Å². The summed E-state index contributed by atoms with van der Waals surface area (Å²) in [5, 5.41) is 10.9. The van der Waals surface area contributed by atoms with Crippen molar-refractivity contribution in [2.75, 3.05) is 12.4 Å². The van der Waals surface area contributed by atoms with Crippen molar-refractivity contribution in [1.82, 2.24) is 24.7 Å². The lowest BCUT2D eigenvalue weighted by atomic mass is 10.2. The first-order valence-corrected chi connectivity index (χ1v) is 8.50. The van der Waals surface area contributed by atoms with E-state index in [1.54, 1.807) is 13.2 Å². The van der Waals surface area contributed by atoms with Crippen molar-refractivity contribution in [3.8, 4) is 17.1 Å². The van der Waals surface area contributed by atoms with Crippen molar-refractivity contribution in [1.29, 1.82) is 0 Å². The summed E-state index contributed by atoms with van der Waals surface area (Å²) in [6, 6.07) is 9.81. The third kappa shape index (κ3) is 3.01. The van der Waals surface area contributed by atoms with Gasteiger partial charge in [-0.2, -0.15) is 5.10 Å². The molecule has 0 saturated heterocycles. The van der Waals surface area contributed by atoms with Crippen molar-refractivity contribution in [2.24, 2.45) is 0 Å². The molecule has 3 aromatic heterocycles. The van der Waals surface area contributed by atoms with E-state index in [9.17, 15) is 4.79 Å². The number of anilines is 1. The van der Waals surface area contributed by atoms with Gasteiger partial charge in [0.2, 0.25) is 0 Å². The van der Waals surface area contributed by atoms with E-state index in [4.69, 9.17) is 4.74 Å². The fourth-order valence-corrected chi connectivity index (χ4v) is 3.11. The number of ether oxygens (including phenoxy) is 1. The van der Waals surface area contributed by atoms with Crippen LogP contribution in [0.4, 0.5) is 5.82 Å². The van der Waals surface area contributed by atoms with E-state index in [2.05, 4.69) is 49.1 Å². The maximum atomic E-state index is 12.2. The largest absolute Gasteiger partial charge is 0.496 e. The zero-order chi connectivity index (χ0) is 18.8. The molecule has 0 unspecified atom stereocenters. The topological polar surface area (TPSA) is 97.7 Å². The smallest absolute Gasteiger partial charge is 0.277 e. The fraction of sp³-hybridized carbons (Fsp3) is 0.158. The Kier molecular flexibility index (Phi) is 4.29. The Morgan fingerprint density at radius 1 is 1.30 bits per heavy atom. The molecule has 3 heterocycles. The van der Waals surface area contributed by atoms with Gasteiger partial charge in [-0.1, -0.05) is 6.07 Å². The summed E-state index contributed by atoms with van der Waals surface area (Å²) in [5.41, 5.74) is 3.06. The Bertz CT molecular complexity index is 1100. The number of carbonyl (C=O) groups is 1. The lowest BCUT2D eigenvalue weighted by Gasteiger charge is -2.06. The summed E-state index contributed by atoms with van der Waals surface area (Å²) in [6.07, 6.45) is 4.39. The molecule has 2 N–H and O–H groups in total. The van der Waals surface area contributed by atoms with Crippen LogP contribution in [0.1, 0.15) is 17.4 Å². The highest BCUT2D eigenvalue weighted by Gasteiger charge is 2.16. The highest BCUT2D eigenvalue weighted by Crippen LogP contribution is 2.33. The molecule has 0 atom stereocenters. The number of aromatic amines is 1. The van der Waals surface area contributed by atoms with E-state index in [0.717, 1.165) is 34.6 Å². The molecule has 0 aliphatic carbocycles. The normalized spacial score (nSPS) is 10.9. The molecule has 1 aromatic carbocycles. The number of H-pyrrole nitrogens is 1. The van der Waals surface area contributed by atoms with Crippen LogP contribution in [0.15, 0.2) is 48.9 Å². The Morgan fingerprint density at radius 2 is 2.19 bits per heavy atom. The predicted molar refractivity (Wildman–Crippen MR) is 102 cm³/mol. The van der Waals surface area contributed by atoms with E-state index in [1.165, 1.54) is 18.6 Å². The van der Waals surface area contributed by atoms with Crippen LogP contribution < -0.4 is 10.1 Å². The quantitative estimate of drug-likeness (QED) is 0.568. The Labute approximate surface area is 155 Å². The van der Waals surface area contributed by atoms with Gasteiger partial charge in [0.25, 0.3) is 5.91 Å². The molecule has 1 amide bonds. The van der Waals surface area contributed by atoms with Gasteiger partial charge in [-0.15, -0.1) is 0 Å². The predicted octanol–water partition coefficient (Wildman–Crippen LogP) is 3.10. The Hall–Kier alpha value is -3.68. The van der Waals surface area contributed by atoms with Crippen LogP contribution in [0.2, 0.25) is 0 Å². The van der Waals surface area contributed by atoms with Crippen LogP contribution in [0.25, 0.3) is 22.3 Å². The standard InChI is InChI=1S/C19H18N6O2/c1-3-25-15-5-4-6-17(27-2)12(15)9-16(25)13-10-18(24-23-13)22-19(26)14-11-20-7-8-21-14/h4-11H,3H2,1-2H3,(H2,22,23,24,26). The molecule has 0 saturated carbocycles. The number of nitrogens with one attached hydrogen (secondary N) is 2. The molecule has 0 radical (unpaired) electrons. The summed E-state index contributed by atoms with van der Waals surface area (Å²) < 4.78 is 7.64. The van der Waals surface area contributed by atoms with Gasteiger partial charge in [0, 0.05) is 30.4 Å². The molecule has 27 heavy (non-hydrogen) atoms. The highest BCUT2D eigenvalue weighted by atomic mass is 16.5. The van der Waals surface area contributed by atoms with Crippen LogP contribution >= 0.6 is 0 Å². The van der Waals surface area contributed by atoms with Gasteiger partial charge in [-0.05, 0) is 25.1 Å². The highest BCUT2D eigenvalue weighted by molar-refractivity contribution is 6.02. The maximum absolute atomic E-state index is 12.2. The minimum absolute atomic E-state index is 0.231. The zero-order valence-corrected chi connectivity index (χ0v) is 14.9. The second-order valence-electron chi connectivity index (χ2n) is 5.88. The van der Waals surface area contributed by atoms with Gasteiger partial charge in [0.1, 0.15) is 11.4 Å². The number of rotatable bonds is 5. The number of aryl methyl sites for hydroxylation is 1. The summed E-state index contributed by atoms with van der Waals surface area (Å²) in [6.45, 7) is 2.86.